The number of piperazine rings is 1. The van der Waals surface area contributed by atoms with Crippen molar-refractivity contribution in [2.45, 2.75) is 50.8 Å². The molecule has 0 unspecified atom stereocenters. The number of carbonyl (C=O) groups is 1. The van der Waals surface area contributed by atoms with Crippen LogP contribution in [0.3, 0.4) is 0 Å². The van der Waals surface area contributed by atoms with Gasteiger partial charge in [0, 0.05) is 77.6 Å². The number of carbonyl (C=O) groups excluding carboxylic acids is 1. The highest BCUT2D eigenvalue weighted by Gasteiger charge is 2.30. The predicted octanol–water partition coefficient (Wildman–Crippen LogP) is 1.36. The zero-order chi connectivity index (χ0) is 20.5. The quantitative estimate of drug-likeness (QED) is 0.727. The Morgan fingerprint density at radius 2 is 1.93 bits per heavy atom. The molecule has 7 heteroatoms. The molecule has 3 fully saturated rings. The Balaban J connectivity index is 1.13. The summed E-state index contributed by atoms with van der Waals surface area (Å²) in [6, 6.07) is 5.15. The molecule has 4 aliphatic rings. The summed E-state index contributed by atoms with van der Waals surface area (Å²) >= 11 is 0. The van der Waals surface area contributed by atoms with Gasteiger partial charge in [0.25, 0.3) is 0 Å². The third-order valence-electron chi connectivity index (χ3n) is 7.53. The van der Waals surface area contributed by atoms with E-state index in [1.165, 1.54) is 30.5 Å². The fourth-order valence-corrected chi connectivity index (χ4v) is 5.28. The van der Waals surface area contributed by atoms with Crippen LogP contribution in [0.5, 0.6) is 0 Å². The van der Waals surface area contributed by atoms with Gasteiger partial charge in [0.15, 0.2) is 0 Å². The number of ether oxygens (including phenoxy) is 1. The van der Waals surface area contributed by atoms with E-state index in [0.29, 0.717) is 18.6 Å². The first-order valence-electron chi connectivity index (χ1n) is 11.7. The van der Waals surface area contributed by atoms with Crippen LogP contribution in [0.2, 0.25) is 0 Å². The van der Waals surface area contributed by atoms with Gasteiger partial charge in [0.1, 0.15) is 5.82 Å². The smallest absolute Gasteiger partial charge is 0.236 e. The van der Waals surface area contributed by atoms with Gasteiger partial charge < -0.3 is 14.5 Å². The average Bonchev–Trinajstić information content (AvgIpc) is 3.22. The van der Waals surface area contributed by atoms with Gasteiger partial charge >= 0.3 is 0 Å². The minimum absolute atomic E-state index is 0.291. The molecular weight excluding hydrogens is 378 g/mol. The van der Waals surface area contributed by atoms with Crippen molar-refractivity contribution >= 4 is 11.7 Å². The lowest BCUT2D eigenvalue weighted by Crippen LogP contribution is -2.55. The van der Waals surface area contributed by atoms with Crippen molar-refractivity contribution in [1.82, 2.24) is 19.7 Å². The molecule has 1 aliphatic carbocycles. The Morgan fingerprint density at radius 1 is 1.10 bits per heavy atom. The van der Waals surface area contributed by atoms with E-state index in [2.05, 4.69) is 31.7 Å². The van der Waals surface area contributed by atoms with E-state index in [-0.39, 0.29) is 0 Å². The molecule has 0 spiro atoms. The van der Waals surface area contributed by atoms with E-state index in [4.69, 9.17) is 9.72 Å². The summed E-state index contributed by atoms with van der Waals surface area (Å²) in [7, 11) is 1.79. The second-order valence-electron chi connectivity index (χ2n) is 9.33. The van der Waals surface area contributed by atoms with Crippen molar-refractivity contribution in [3.63, 3.8) is 0 Å². The zero-order valence-electron chi connectivity index (χ0n) is 18.3. The summed E-state index contributed by atoms with van der Waals surface area (Å²) in [5.74, 6) is 1.36. The van der Waals surface area contributed by atoms with Gasteiger partial charge in [-0.2, -0.15) is 0 Å². The molecule has 5 rings (SSSR count). The highest BCUT2D eigenvalue weighted by Crippen LogP contribution is 2.26. The van der Waals surface area contributed by atoms with Gasteiger partial charge in [-0.15, -0.1) is 0 Å². The lowest BCUT2D eigenvalue weighted by molar-refractivity contribution is -0.135. The number of aromatic nitrogens is 1. The molecule has 164 valence electrons. The normalized spacial score (nSPS) is 26.0. The Kier molecular flexibility index (Phi) is 5.94. The summed E-state index contributed by atoms with van der Waals surface area (Å²) in [6.45, 7) is 8.10. The molecule has 1 aromatic rings. The molecule has 2 saturated heterocycles. The number of fused-ring (bicyclic) bond motifs is 1. The molecule has 0 N–H and O–H groups in total. The molecule has 3 aliphatic heterocycles. The number of rotatable bonds is 5. The van der Waals surface area contributed by atoms with Gasteiger partial charge in [0.2, 0.25) is 5.91 Å². The fraction of sp³-hybridized carbons (Fsp3) is 0.739. The van der Waals surface area contributed by atoms with Gasteiger partial charge in [-0.1, -0.05) is 12.5 Å². The number of hydrogen-bond acceptors (Lipinski definition) is 6. The first kappa shape index (κ1) is 20.2. The lowest BCUT2D eigenvalue weighted by Gasteiger charge is -2.43. The van der Waals surface area contributed by atoms with Crippen LogP contribution >= 0.6 is 0 Å². The van der Waals surface area contributed by atoms with E-state index in [1.54, 1.807) is 7.11 Å². The van der Waals surface area contributed by atoms with Crippen LogP contribution < -0.4 is 4.90 Å². The predicted molar refractivity (Wildman–Crippen MR) is 117 cm³/mol. The highest BCUT2D eigenvalue weighted by atomic mass is 16.5. The number of methoxy groups -OCH3 is 1. The van der Waals surface area contributed by atoms with Gasteiger partial charge in [-0.25, -0.2) is 4.98 Å². The van der Waals surface area contributed by atoms with E-state index in [0.717, 1.165) is 77.1 Å². The number of hydrogen-bond donors (Lipinski definition) is 0. The van der Waals surface area contributed by atoms with Crippen molar-refractivity contribution in [2.24, 2.45) is 0 Å². The van der Waals surface area contributed by atoms with Crippen molar-refractivity contribution in [3.05, 3.63) is 23.4 Å². The maximum absolute atomic E-state index is 12.9. The number of amides is 1. The Hall–Kier alpha value is -1.70. The van der Waals surface area contributed by atoms with E-state index >= 15 is 0 Å². The van der Waals surface area contributed by atoms with E-state index in [1.807, 2.05) is 0 Å². The maximum Gasteiger partial charge on any atom is 0.236 e. The summed E-state index contributed by atoms with van der Waals surface area (Å²) in [6.07, 6.45) is 6.39. The third kappa shape index (κ3) is 4.20. The molecule has 0 bridgehead atoms. The van der Waals surface area contributed by atoms with Crippen molar-refractivity contribution in [3.8, 4) is 0 Å². The molecule has 4 heterocycles. The van der Waals surface area contributed by atoms with Gasteiger partial charge in [0.05, 0.1) is 12.6 Å². The topological polar surface area (TPSA) is 52.2 Å². The molecule has 1 aromatic heterocycles. The second-order valence-corrected chi connectivity index (χ2v) is 9.33. The summed E-state index contributed by atoms with van der Waals surface area (Å²) in [5, 5.41) is 0. The van der Waals surface area contributed by atoms with Gasteiger partial charge in [-0.3, -0.25) is 14.6 Å². The molecule has 0 aromatic carbocycles. The minimum atomic E-state index is 0.291. The van der Waals surface area contributed by atoms with E-state index < -0.39 is 0 Å². The molecule has 1 atom stereocenters. The zero-order valence-corrected chi connectivity index (χ0v) is 18.3. The molecule has 1 saturated carbocycles. The van der Waals surface area contributed by atoms with Crippen molar-refractivity contribution in [2.75, 3.05) is 64.4 Å². The Bertz CT molecular complexity index is 760. The average molecular weight is 414 g/mol. The fourth-order valence-electron chi connectivity index (χ4n) is 5.28. The van der Waals surface area contributed by atoms with Crippen LogP contribution in [0, 0.1) is 0 Å². The van der Waals surface area contributed by atoms with Crippen LogP contribution in [0.25, 0.3) is 0 Å². The SMILES string of the molecule is CO[C@H]1CCN(c2ccc3c(n2)CCN(CC(=O)N2CCN(C4CCC4)CC2)C3)C1. The minimum Gasteiger partial charge on any atom is -0.380 e. The van der Waals surface area contributed by atoms with Gasteiger partial charge in [-0.05, 0) is 30.9 Å². The summed E-state index contributed by atoms with van der Waals surface area (Å²) < 4.78 is 5.49. The van der Waals surface area contributed by atoms with Crippen LogP contribution in [-0.4, -0.2) is 97.2 Å². The number of pyridine rings is 1. The first-order chi connectivity index (χ1) is 14.7. The van der Waals surface area contributed by atoms with Crippen LogP contribution in [0.1, 0.15) is 36.9 Å². The molecule has 7 nitrogen and oxygen atoms in total. The standard InChI is InChI=1S/C23H35N5O2/c1-30-20-7-10-28(16-20)22-6-5-18-15-25(9-8-21(18)24-22)17-23(29)27-13-11-26(12-14-27)19-3-2-4-19/h5-6,19-20H,2-4,7-17H2,1H3/t20-/m0/s1. The number of nitrogens with zero attached hydrogens (tertiary/aromatic N) is 5. The molecule has 0 radical (unpaired) electrons. The third-order valence-corrected chi connectivity index (χ3v) is 7.53. The maximum atomic E-state index is 12.9. The van der Waals surface area contributed by atoms with E-state index in [9.17, 15) is 4.79 Å². The summed E-state index contributed by atoms with van der Waals surface area (Å²) in [5.41, 5.74) is 2.47. The monoisotopic (exact) mass is 413 g/mol. The second kappa shape index (κ2) is 8.81. The van der Waals surface area contributed by atoms with Crippen molar-refractivity contribution in [1.29, 1.82) is 0 Å². The molecular formula is C23H35N5O2. The first-order valence-corrected chi connectivity index (χ1v) is 11.7. The Labute approximate surface area is 180 Å². The molecule has 30 heavy (non-hydrogen) atoms. The lowest BCUT2D eigenvalue weighted by atomic mass is 9.91. The van der Waals surface area contributed by atoms with Crippen LogP contribution in [0.15, 0.2) is 12.1 Å². The van der Waals surface area contributed by atoms with Crippen LogP contribution in [-0.2, 0) is 22.5 Å². The largest absolute Gasteiger partial charge is 0.380 e. The Morgan fingerprint density at radius 3 is 2.63 bits per heavy atom. The van der Waals surface area contributed by atoms with Crippen LogP contribution in [0.4, 0.5) is 5.82 Å². The van der Waals surface area contributed by atoms with Crippen molar-refractivity contribution < 1.29 is 9.53 Å². The molecule has 1 amide bonds. The highest BCUT2D eigenvalue weighted by molar-refractivity contribution is 5.78. The summed E-state index contributed by atoms with van der Waals surface area (Å²) in [4.78, 5) is 27.1. The number of anilines is 1.